The topological polar surface area (TPSA) is 67.8 Å². The van der Waals surface area contributed by atoms with E-state index in [4.69, 9.17) is 0 Å². The molecule has 1 saturated heterocycles. The summed E-state index contributed by atoms with van der Waals surface area (Å²) >= 11 is 0. The van der Waals surface area contributed by atoms with Gasteiger partial charge < -0.3 is 18.9 Å². The van der Waals surface area contributed by atoms with Gasteiger partial charge in [-0.25, -0.2) is 4.52 Å². The summed E-state index contributed by atoms with van der Waals surface area (Å²) in [5.74, 6) is 0.462. The predicted molar refractivity (Wildman–Crippen MR) is 109 cm³/mol. The van der Waals surface area contributed by atoms with Crippen LogP contribution < -0.4 is 5.56 Å². The lowest BCUT2D eigenvalue weighted by molar-refractivity contribution is 0.0500. The van der Waals surface area contributed by atoms with E-state index < -0.39 is 0 Å². The average Bonchev–Trinajstić information content (AvgIpc) is 3.27. The minimum atomic E-state index is 0.0202. The second-order valence-electron chi connectivity index (χ2n) is 8.63. The van der Waals surface area contributed by atoms with Gasteiger partial charge in [0.2, 0.25) is 0 Å². The molecule has 3 aromatic heterocycles. The van der Waals surface area contributed by atoms with Crippen molar-refractivity contribution in [2.45, 2.75) is 18.4 Å². The van der Waals surface area contributed by atoms with Gasteiger partial charge in [-0.05, 0) is 32.5 Å². The van der Waals surface area contributed by atoms with Gasteiger partial charge in [0, 0.05) is 56.8 Å². The van der Waals surface area contributed by atoms with Crippen molar-refractivity contribution >= 4 is 11.6 Å². The van der Waals surface area contributed by atoms with E-state index in [9.17, 15) is 9.59 Å². The first-order chi connectivity index (χ1) is 13.9. The molecule has 152 valence electrons. The van der Waals surface area contributed by atoms with Crippen molar-refractivity contribution < 1.29 is 4.79 Å². The van der Waals surface area contributed by atoms with E-state index in [-0.39, 0.29) is 29.3 Å². The maximum Gasteiger partial charge on any atom is 0.259 e. The Bertz CT molecular complexity index is 1140. The van der Waals surface area contributed by atoms with Crippen LogP contribution in [0.3, 0.4) is 0 Å². The third-order valence-electron chi connectivity index (χ3n) is 6.40. The molecular formula is C21H26N6O2. The molecule has 29 heavy (non-hydrogen) atoms. The van der Waals surface area contributed by atoms with Gasteiger partial charge in [0.15, 0.2) is 0 Å². The van der Waals surface area contributed by atoms with Gasteiger partial charge >= 0.3 is 0 Å². The molecule has 3 aromatic rings. The van der Waals surface area contributed by atoms with Crippen molar-refractivity contribution in [3.8, 4) is 0 Å². The Morgan fingerprint density at radius 2 is 2.07 bits per heavy atom. The molecule has 5 heterocycles. The minimum Gasteiger partial charge on any atom is -0.337 e. The standard InChI is InChI=1S/C21H26N6O2/c1-23(2)13-18-15-9-14(17-5-4-6-19(28)27(17)18)11-25(12-15)21(29)16-10-22-26-8-7-24(3)20(16)26/h4-8,10,14-15,18H,9,11-13H2,1-3H3/t14-,15+,18+/m1/s1. The number of aryl methyl sites for hydroxylation is 1. The Morgan fingerprint density at radius 1 is 1.24 bits per heavy atom. The van der Waals surface area contributed by atoms with Gasteiger partial charge in [0.1, 0.15) is 11.2 Å². The lowest BCUT2D eigenvalue weighted by atomic mass is 9.78. The van der Waals surface area contributed by atoms with Crippen LogP contribution in [0.5, 0.6) is 0 Å². The van der Waals surface area contributed by atoms with E-state index in [2.05, 4.69) is 10.00 Å². The Hall–Kier alpha value is -2.87. The Morgan fingerprint density at radius 3 is 2.86 bits per heavy atom. The lowest BCUT2D eigenvalue weighted by Crippen LogP contribution is -2.52. The number of carbonyl (C=O) groups excluding carboxylic acids is 1. The number of aromatic nitrogens is 4. The largest absolute Gasteiger partial charge is 0.337 e. The molecule has 2 bridgehead atoms. The molecule has 0 N–H and O–H groups in total. The number of likely N-dealkylation sites (N-methyl/N-ethyl adjacent to an activating group) is 1. The number of hydrogen-bond donors (Lipinski definition) is 0. The fourth-order valence-electron chi connectivity index (χ4n) is 5.19. The van der Waals surface area contributed by atoms with E-state index >= 15 is 0 Å². The Labute approximate surface area is 168 Å². The fourth-order valence-corrected chi connectivity index (χ4v) is 5.19. The molecule has 0 radical (unpaired) electrons. The molecule has 0 aliphatic carbocycles. The van der Waals surface area contributed by atoms with Crippen LogP contribution in [0, 0.1) is 5.92 Å². The molecular weight excluding hydrogens is 368 g/mol. The van der Waals surface area contributed by atoms with Crippen LogP contribution >= 0.6 is 0 Å². The second-order valence-corrected chi connectivity index (χ2v) is 8.63. The third kappa shape index (κ3) is 2.81. The summed E-state index contributed by atoms with van der Waals surface area (Å²) in [7, 11) is 5.99. The van der Waals surface area contributed by atoms with Crippen molar-refractivity contribution in [3.05, 3.63) is 58.4 Å². The first-order valence-electron chi connectivity index (χ1n) is 10.1. The van der Waals surface area contributed by atoms with Crippen LogP contribution in [-0.2, 0) is 7.05 Å². The van der Waals surface area contributed by atoms with Gasteiger partial charge in [-0.15, -0.1) is 0 Å². The van der Waals surface area contributed by atoms with E-state index in [1.54, 1.807) is 16.8 Å². The van der Waals surface area contributed by atoms with Crippen LogP contribution in [-0.4, -0.2) is 68.2 Å². The van der Waals surface area contributed by atoms with Crippen molar-refractivity contribution in [2.24, 2.45) is 13.0 Å². The predicted octanol–water partition coefficient (Wildman–Crippen LogP) is 1.20. The van der Waals surface area contributed by atoms with Crippen LogP contribution in [0.1, 0.15) is 34.4 Å². The van der Waals surface area contributed by atoms with Gasteiger partial charge in [-0.2, -0.15) is 5.10 Å². The number of amides is 1. The summed E-state index contributed by atoms with van der Waals surface area (Å²) in [4.78, 5) is 30.2. The zero-order chi connectivity index (χ0) is 20.3. The number of imidazole rings is 1. The smallest absolute Gasteiger partial charge is 0.259 e. The first kappa shape index (κ1) is 18.2. The first-order valence-corrected chi connectivity index (χ1v) is 10.1. The van der Waals surface area contributed by atoms with Crippen molar-refractivity contribution in [3.63, 3.8) is 0 Å². The van der Waals surface area contributed by atoms with Gasteiger partial charge in [-0.3, -0.25) is 9.59 Å². The van der Waals surface area contributed by atoms with Crippen molar-refractivity contribution in [1.82, 2.24) is 28.5 Å². The number of likely N-dealkylation sites (tertiary alicyclic amines) is 1. The molecule has 0 aromatic carbocycles. The van der Waals surface area contributed by atoms with E-state index in [0.29, 0.717) is 18.7 Å². The number of hydrogen-bond acceptors (Lipinski definition) is 4. The molecule has 1 amide bonds. The van der Waals surface area contributed by atoms with E-state index in [1.165, 1.54) is 0 Å². The summed E-state index contributed by atoms with van der Waals surface area (Å²) < 4.78 is 5.65. The third-order valence-corrected chi connectivity index (χ3v) is 6.40. The summed E-state index contributed by atoms with van der Waals surface area (Å²) in [6.07, 6.45) is 6.43. The molecule has 5 rings (SSSR count). The molecule has 8 nitrogen and oxygen atoms in total. The zero-order valence-corrected chi connectivity index (χ0v) is 17.0. The Kier molecular flexibility index (Phi) is 4.13. The Balaban J connectivity index is 1.53. The molecule has 2 aliphatic rings. The normalized spacial score (nSPS) is 23.6. The lowest BCUT2D eigenvalue weighted by Gasteiger charge is -2.47. The number of piperidine rings is 1. The summed E-state index contributed by atoms with van der Waals surface area (Å²) in [5.41, 5.74) is 2.56. The zero-order valence-electron chi connectivity index (χ0n) is 17.0. The number of fused-ring (bicyclic) bond motifs is 5. The van der Waals surface area contributed by atoms with Gasteiger partial charge in [-0.1, -0.05) is 6.07 Å². The highest BCUT2D eigenvalue weighted by molar-refractivity contribution is 6.00. The average molecular weight is 394 g/mol. The van der Waals surface area contributed by atoms with Gasteiger partial charge in [0.05, 0.1) is 12.2 Å². The van der Waals surface area contributed by atoms with E-state index in [1.807, 2.05) is 59.7 Å². The summed E-state index contributed by atoms with van der Waals surface area (Å²) in [6, 6.07) is 5.61. The molecule has 3 atom stereocenters. The minimum absolute atomic E-state index is 0.0202. The highest BCUT2D eigenvalue weighted by atomic mass is 16.2. The number of pyridine rings is 1. The number of nitrogens with zero attached hydrogens (tertiary/aromatic N) is 6. The molecule has 0 unspecified atom stereocenters. The molecule has 0 saturated carbocycles. The maximum absolute atomic E-state index is 13.4. The quantitative estimate of drug-likeness (QED) is 0.669. The van der Waals surface area contributed by atoms with Crippen LogP contribution in [0.2, 0.25) is 0 Å². The van der Waals surface area contributed by atoms with Crippen molar-refractivity contribution in [1.29, 1.82) is 0 Å². The fraction of sp³-hybridized carbons (Fsp3) is 0.476. The number of rotatable bonds is 3. The highest BCUT2D eigenvalue weighted by Crippen LogP contribution is 2.41. The van der Waals surface area contributed by atoms with Crippen LogP contribution in [0.25, 0.3) is 5.65 Å². The molecule has 8 heteroatoms. The summed E-state index contributed by atoms with van der Waals surface area (Å²) in [5, 5.41) is 4.33. The van der Waals surface area contributed by atoms with Crippen LogP contribution in [0.15, 0.2) is 41.6 Å². The maximum atomic E-state index is 13.4. The highest BCUT2D eigenvalue weighted by Gasteiger charge is 2.42. The molecule has 1 fully saturated rings. The van der Waals surface area contributed by atoms with Gasteiger partial charge in [0.25, 0.3) is 11.5 Å². The molecule has 0 spiro atoms. The number of carbonyl (C=O) groups is 1. The summed E-state index contributed by atoms with van der Waals surface area (Å²) in [6.45, 7) is 2.08. The monoisotopic (exact) mass is 394 g/mol. The van der Waals surface area contributed by atoms with Crippen LogP contribution in [0.4, 0.5) is 0 Å². The SMILES string of the molecule is CN(C)C[C@H]1[C@H]2C[C@H](CN(C(=O)c3cnn4ccn(C)c34)C2)c2cccc(=O)n21. The second kappa shape index (κ2) is 6.59. The van der Waals surface area contributed by atoms with E-state index in [0.717, 1.165) is 24.3 Å². The molecule has 2 aliphatic heterocycles. The van der Waals surface area contributed by atoms with Crippen molar-refractivity contribution in [2.75, 3.05) is 33.7 Å².